The fourth-order valence-corrected chi connectivity index (χ4v) is 2.49. The number of nitrogens with zero attached hydrogens (tertiary/aromatic N) is 1. The predicted molar refractivity (Wildman–Crippen MR) is 113 cm³/mol. The first kappa shape index (κ1) is 22.1. The largest absolute Gasteiger partial charge is 0.494 e. The van der Waals surface area contributed by atoms with Gasteiger partial charge in [0, 0.05) is 37.2 Å². The van der Waals surface area contributed by atoms with E-state index in [2.05, 4.69) is 47.3 Å². The molecule has 1 aromatic rings. The second-order valence-electron chi connectivity index (χ2n) is 4.76. The lowest BCUT2D eigenvalue weighted by Crippen LogP contribution is -2.38. The number of hydrogen-bond donors (Lipinski definition) is 2. The van der Waals surface area contributed by atoms with Crippen molar-refractivity contribution in [2.75, 3.05) is 31.7 Å². The zero-order chi connectivity index (χ0) is 16.2. The van der Waals surface area contributed by atoms with Crippen molar-refractivity contribution in [3.63, 3.8) is 0 Å². The van der Waals surface area contributed by atoms with Crippen LogP contribution in [-0.4, -0.2) is 37.7 Å². The highest BCUT2D eigenvalue weighted by molar-refractivity contribution is 14.0. The predicted octanol–water partition coefficient (Wildman–Crippen LogP) is 3.60. The van der Waals surface area contributed by atoms with Gasteiger partial charge in [0.25, 0.3) is 0 Å². The summed E-state index contributed by atoms with van der Waals surface area (Å²) in [4.78, 5) is 4.24. The van der Waals surface area contributed by atoms with Gasteiger partial charge in [-0.2, -0.15) is 11.8 Å². The Labute approximate surface area is 161 Å². The lowest BCUT2D eigenvalue weighted by molar-refractivity contribution is 0.336. The molecule has 0 spiro atoms. The van der Waals surface area contributed by atoms with Crippen molar-refractivity contribution in [1.29, 1.82) is 0 Å². The van der Waals surface area contributed by atoms with E-state index in [1.807, 2.05) is 24.8 Å². The average molecular weight is 449 g/mol. The van der Waals surface area contributed by atoms with Crippen molar-refractivity contribution in [3.05, 3.63) is 42.0 Å². The molecule has 0 unspecified atom stereocenters. The first-order valence-corrected chi connectivity index (χ1v) is 8.72. The van der Waals surface area contributed by atoms with Gasteiger partial charge in [0.05, 0.1) is 6.61 Å². The van der Waals surface area contributed by atoms with Crippen LogP contribution in [0.3, 0.4) is 0 Å². The molecule has 0 saturated carbocycles. The van der Waals surface area contributed by atoms with E-state index in [0.29, 0.717) is 13.2 Å². The molecule has 0 aromatic heterocycles. The fourth-order valence-electron chi connectivity index (χ4n) is 1.91. The van der Waals surface area contributed by atoms with Crippen molar-refractivity contribution < 1.29 is 4.74 Å². The number of nitrogens with one attached hydrogen (secondary N) is 2. The van der Waals surface area contributed by atoms with Crippen LogP contribution < -0.4 is 15.4 Å². The number of rotatable bonds is 9. The first-order valence-electron chi connectivity index (χ1n) is 7.56. The molecule has 1 aromatic carbocycles. The van der Waals surface area contributed by atoms with Crippen molar-refractivity contribution in [1.82, 2.24) is 10.6 Å². The summed E-state index contributed by atoms with van der Waals surface area (Å²) in [5, 5.41) is 6.63. The minimum Gasteiger partial charge on any atom is -0.494 e. The maximum atomic E-state index is 5.70. The van der Waals surface area contributed by atoms with Crippen LogP contribution in [0, 0.1) is 6.92 Å². The molecule has 130 valence electrons. The summed E-state index contributed by atoms with van der Waals surface area (Å²) in [6, 6.07) is 6.27. The van der Waals surface area contributed by atoms with Gasteiger partial charge in [0.1, 0.15) is 5.75 Å². The van der Waals surface area contributed by atoms with E-state index < -0.39 is 0 Å². The monoisotopic (exact) mass is 449 g/mol. The molecule has 0 aliphatic carbocycles. The van der Waals surface area contributed by atoms with Gasteiger partial charge in [-0.1, -0.05) is 18.2 Å². The van der Waals surface area contributed by atoms with Crippen LogP contribution in [0.4, 0.5) is 0 Å². The molecule has 0 heterocycles. The molecular formula is C17H28IN3OS. The number of benzene rings is 1. The number of aryl methyl sites for hydroxylation is 1. The molecule has 0 saturated heterocycles. The maximum Gasteiger partial charge on any atom is 0.191 e. The van der Waals surface area contributed by atoms with Gasteiger partial charge in [-0.05, 0) is 25.5 Å². The molecule has 0 radical (unpaired) electrons. The van der Waals surface area contributed by atoms with Crippen LogP contribution in [0.1, 0.15) is 18.1 Å². The van der Waals surface area contributed by atoms with Crippen LogP contribution in [-0.2, 0) is 6.54 Å². The van der Waals surface area contributed by atoms with Gasteiger partial charge in [0.15, 0.2) is 5.96 Å². The van der Waals surface area contributed by atoms with Crippen LogP contribution in [0.5, 0.6) is 5.75 Å². The number of ether oxygens (including phenoxy) is 1. The number of halogens is 1. The van der Waals surface area contributed by atoms with Gasteiger partial charge in [-0.3, -0.25) is 4.99 Å². The molecule has 0 atom stereocenters. The van der Waals surface area contributed by atoms with Gasteiger partial charge >= 0.3 is 0 Å². The average Bonchev–Trinajstić information content (AvgIpc) is 2.52. The molecule has 0 fully saturated rings. The quantitative estimate of drug-likeness (QED) is 0.199. The standard InChI is InChI=1S/C17H27N3OS.HI/c1-5-10-22-11-9-19-17(18-4)20-13-15-8-7-14(3)12-16(15)21-6-2;/h5,7-8,12H,1,6,9-11,13H2,2-4H3,(H2,18,19,20);1H. The van der Waals surface area contributed by atoms with E-state index in [9.17, 15) is 0 Å². The number of aliphatic imine (C=N–C) groups is 1. The summed E-state index contributed by atoms with van der Waals surface area (Å²) in [5.41, 5.74) is 2.34. The second kappa shape index (κ2) is 13.5. The molecule has 0 aliphatic heterocycles. The molecule has 0 amide bonds. The zero-order valence-corrected chi connectivity index (χ0v) is 17.4. The normalized spacial score (nSPS) is 10.7. The van der Waals surface area contributed by atoms with Crippen molar-refractivity contribution in [2.45, 2.75) is 20.4 Å². The van der Waals surface area contributed by atoms with Crippen molar-refractivity contribution in [2.24, 2.45) is 4.99 Å². The summed E-state index contributed by atoms with van der Waals surface area (Å²) >= 11 is 1.85. The van der Waals surface area contributed by atoms with Crippen molar-refractivity contribution in [3.8, 4) is 5.75 Å². The van der Waals surface area contributed by atoms with E-state index in [-0.39, 0.29) is 24.0 Å². The Bertz CT molecular complexity index is 495. The van der Waals surface area contributed by atoms with Gasteiger partial charge in [-0.25, -0.2) is 0 Å². The van der Waals surface area contributed by atoms with Gasteiger partial charge in [0.2, 0.25) is 0 Å². The Kier molecular flexibility index (Phi) is 13.0. The zero-order valence-electron chi connectivity index (χ0n) is 14.2. The Morgan fingerprint density at radius 2 is 2.17 bits per heavy atom. The van der Waals surface area contributed by atoms with Crippen LogP contribution in [0.2, 0.25) is 0 Å². The molecule has 2 N–H and O–H groups in total. The molecule has 1 rings (SSSR count). The summed E-state index contributed by atoms with van der Waals surface area (Å²) in [6.07, 6.45) is 1.92. The molecule has 4 nitrogen and oxygen atoms in total. The van der Waals surface area contributed by atoms with E-state index in [1.54, 1.807) is 7.05 Å². The van der Waals surface area contributed by atoms with E-state index in [4.69, 9.17) is 4.74 Å². The smallest absolute Gasteiger partial charge is 0.191 e. The highest BCUT2D eigenvalue weighted by Crippen LogP contribution is 2.20. The van der Waals surface area contributed by atoms with E-state index in [1.165, 1.54) is 5.56 Å². The Morgan fingerprint density at radius 1 is 1.39 bits per heavy atom. The van der Waals surface area contributed by atoms with Crippen molar-refractivity contribution >= 4 is 41.7 Å². The topological polar surface area (TPSA) is 45.7 Å². The Morgan fingerprint density at radius 3 is 2.83 bits per heavy atom. The third kappa shape index (κ3) is 9.10. The summed E-state index contributed by atoms with van der Waals surface area (Å²) in [7, 11) is 1.78. The van der Waals surface area contributed by atoms with E-state index >= 15 is 0 Å². The highest BCUT2D eigenvalue weighted by Gasteiger charge is 2.05. The third-order valence-corrected chi connectivity index (χ3v) is 3.93. The summed E-state index contributed by atoms with van der Waals surface area (Å²) < 4.78 is 5.70. The SMILES string of the molecule is C=CCSCCNC(=NC)NCc1ccc(C)cc1OCC.I. The summed E-state index contributed by atoms with van der Waals surface area (Å²) in [5.74, 6) is 3.75. The highest BCUT2D eigenvalue weighted by atomic mass is 127. The minimum absolute atomic E-state index is 0. The van der Waals surface area contributed by atoms with Crippen LogP contribution >= 0.6 is 35.7 Å². The molecule has 6 heteroatoms. The molecule has 0 bridgehead atoms. The third-order valence-electron chi connectivity index (χ3n) is 2.97. The maximum absolute atomic E-state index is 5.70. The Balaban J connectivity index is 0.00000484. The van der Waals surface area contributed by atoms with Crippen LogP contribution in [0.15, 0.2) is 35.8 Å². The Hall–Kier alpha value is -0.890. The minimum atomic E-state index is 0. The fraction of sp³-hybridized carbons (Fsp3) is 0.471. The van der Waals surface area contributed by atoms with Crippen LogP contribution in [0.25, 0.3) is 0 Å². The first-order chi connectivity index (χ1) is 10.7. The molecule has 0 aliphatic rings. The lowest BCUT2D eigenvalue weighted by atomic mass is 10.1. The molecule has 23 heavy (non-hydrogen) atoms. The number of thioether (sulfide) groups is 1. The van der Waals surface area contributed by atoms with Gasteiger partial charge < -0.3 is 15.4 Å². The molecular weight excluding hydrogens is 421 g/mol. The summed E-state index contributed by atoms with van der Waals surface area (Å²) in [6.45, 7) is 10.0. The van der Waals surface area contributed by atoms with Gasteiger partial charge in [-0.15, -0.1) is 30.6 Å². The van der Waals surface area contributed by atoms with E-state index in [0.717, 1.165) is 35.3 Å². The second-order valence-corrected chi connectivity index (χ2v) is 5.91. The number of hydrogen-bond acceptors (Lipinski definition) is 3. The lowest BCUT2D eigenvalue weighted by Gasteiger charge is -2.14. The number of guanidine groups is 1.